The monoisotopic (exact) mass is 277 g/mol. The summed E-state index contributed by atoms with van der Waals surface area (Å²) in [6, 6.07) is 19.8. The van der Waals surface area contributed by atoms with Gasteiger partial charge in [-0.25, -0.2) is 0 Å². The van der Waals surface area contributed by atoms with Crippen molar-refractivity contribution in [1.82, 2.24) is 0 Å². The van der Waals surface area contributed by atoms with Gasteiger partial charge in [-0.1, -0.05) is 0 Å². The first-order chi connectivity index (χ1) is 7.90. The topological polar surface area (TPSA) is 32.6 Å². The van der Waals surface area contributed by atoms with Crippen LogP contribution in [0.3, 0.4) is 0 Å². The molecule has 2 nitrogen and oxygen atoms in total. The van der Waals surface area contributed by atoms with Gasteiger partial charge >= 0.3 is 101 Å². The zero-order valence-electron chi connectivity index (χ0n) is 8.58. The Labute approximate surface area is 101 Å². The summed E-state index contributed by atoms with van der Waals surface area (Å²) in [5.74, 6) is 0. The fourth-order valence-corrected chi connectivity index (χ4v) is 3.02. The van der Waals surface area contributed by atoms with Crippen LogP contribution in [0.2, 0.25) is 0 Å². The molecule has 0 atom stereocenters. The molecule has 0 spiro atoms. The number of nitrogens with zero attached hydrogens (tertiary/aromatic N) is 1. The van der Waals surface area contributed by atoms with E-state index in [9.17, 15) is 0 Å². The first-order valence-corrected chi connectivity index (χ1v) is 6.62. The summed E-state index contributed by atoms with van der Waals surface area (Å²) < 4.78 is 1.95. The molecule has 0 heterocycles. The van der Waals surface area contributed by atoms with Gasteiger partial charge in [0.2, 0.25) is 0 Å². The third kappa shape index (κ3) is 2.72. The number of hydrogen-bond donors (Lipinski definition) is 1. The molecule has 16 heavy (non-hydrogen) atoms. The van der Waals surface area contributed by atoms with Gasteiger partial charge in [-0.2, -0.15) is 0 Å². The van der Waals surface area contributed by atoms with E-state index in [1.807, 2.05) is 60.7 Å². The van der Waals surface area contributed by atoms with Crippen molar-refractivity contribution >= 4 is 24.0 Å². The zero-order valence-corrected chi connectivity index (χ0v) is 10.3. The molecule has 0 bridgehead atoms. The van der Waals surface area contributed by atoms with Crippen molar-refractivity contribution < 1.29 is 5.21 Å². The van der Waals surface area contributed by atoms with Crippen LogP contribution in [0.15, 0.2) is 65.8 Å². The van der Waals surface area contributed by atoms with E-state index in [1.165, 1.54) is 4.46 Å². The van der Waals surface area contributed by atoms with Gasteiger partial charge in [0, 0.05) is 0 Å². The Morgan fingerprint density at radius 3 is 2.00 bits per heavy atom. The Kier molecular flexibility index (Phi) is 3.75. The third-order valence-corrected chi connectivity index (χ3v) is 4.21. The molecular formula is C13H11NOSe. The van der Waals surface area contributed by atoms with Crippen molar-refractivity contribution in [3.8, 4) is 0 Å². The van der Waals surface area contributed by atoms with Crippen molar-refractivity contribution in [2.45, 2.75) is 0 Å². The maximum absolute atomic E-state index is 9.04. The summed E-state index contributed by atoms with van der Waals surface area (Å²) >= 11 is 0.0391. The van der Waals surface area contributed by atoms with Gasteiger partial charge < -0.3 is 0 Å². The molecule has 1 N–H and O–H groups in total. The van der Waals surface area contributed by atoms with Crippen LogP contribution in [-0.2, 0) is 0 Å². The molecule has 0 aliphatic heterocycles. The standard InChI is InChI=1S/C13H11NOSe/c15-14-13(11-7-3-1-4-8-11)16-12-9-5-2-6-10-12/h1-10,15H/b14-13+. The first-order valence-electron chi connectivity index (χ1n) is 4.90. The number of hydrogen-bond acceptors (Lipinski definition) is 2. The van der Waals surface area contributed by atoms with E-state index in [-0.39, 0.29) is 15.0 Å². The second-order valence-electron chi connectivity index (χ2n) is 3.19. The van der Waals surface area contributed by atoms with E-state index >= 15 is 0 Å². The van der Waals surface area contributed by atoms with E-state index in [0.717, 1.165) is 10.2 Å². The molecule has 2 aromatic carbocycles. The van der Waals surface area contributed by atoms with E-state index in [4.69, 9.17) is 5.21 Å². The van der Waals surface area contributed by atoms with Gasteiger partial charge in [-0.3, -0.25) is 0 Å². The number of oxime groups is 1. The molecule has 2 rings (SSSR count). The molecule has 0 radical (unpaired) electrons. The van der Waals surface area contributed by atoms with Crippen LogP contribution in [-0.4, -0.2) is 24.8 Å². The van der Waals surface area contributed by atoms with Crippen molar-refractivity contribution in [1.29, 1.82) is 0 Å². The third-order valence-electron chi connectivity index (χ3n) is 2.07. The van der Waals surface area contributed by atoms with Crippen molar-refractivity contribution in [3.63, 3.8) is 0 Å². The fourth-order valence-electron chi connectivity index (χ4n) is 1.32. The van der Waals surface area contributed by atoms with Gasteiger partial charge in [0.25, 0.3) is 0 Å². The molecule has 0 aliphatic carbocycles. The van der Waals surface area contributed by atoms with E-state index < -0.39 is 0 Å². The normalized spacial score (nSPS) is 11.4. The molecule has 0 saturated heterocycles. The van der Waals surface area contributed by atoms with Gasteiger partial charge in [0.05, 0.1) is 0 Å². The van der Waals surface area contributed by atoms with Gasteiger partial charge in [0.15, 0.2) is 0 Å². The van der Waals surface area contributed by atoms with E-state index in [1.54, 1.807) is 0 Å². The summed E-state index contributed by atoms with van der Waals surface area (Å²) in [5.41, 5.74) is 0.980. The molecule has 3 heteroatoms. The van der Waals surface area contributed by atoms with Crippen molar-refractivity contribution in [2.75, 3.05) is 0 Å². The average Bonchev–Trinajstić information content (AvgIpc) is 2.38. The molecule has 0 fully saturated rings. The van der Waals surface area contributed by atoms with Crippen LogP contribution in [0.4, 0.5) is 0 Å². The van der Waals surface area contributed by atoms with Crippen LogP contribution in [0.1, 0.15) is 5.56 Å². The predicted octanol–water partition coefficient (Wildman–Crippen LogP) is 1.85. The molecule has 80 valence electrons. The fraction of sp³-hybridized carbons (Fsp3) is 0. The van der Waals surface area contributed by atoms with Crippen LogP contribution < -0.4 is 4.46 Å². The second kappa shape index (κ2) is 5.50. The zero-order chi connectivity index (χ0) is 11.2. The molecule has 0 unspecified atom stereocenters. The molecule has 2 aromatic rings. The quantitative estimate of drug-likeness (QED) is 0.394. The summed E-state index contributed by atoms with van der Waals surface area (Å²) in [6.45, 7) is 0. The second-order valence-corrected chi connectivity index (χ2v) is 5.41. The first kappa shape index (κ1) is 10.9. The average molecular weight is 276 g/mol. The van der Waals surface area contributed by atoms with Crippen LogP contribution in [0.25, 0.3) is 0 Å². The summed E-state index contributed by atoms with van der Waals surface area (Å²) in [5, 5.41) is 12.4. The number of benzene rings is 2. The molecule has 0 aromatic heterocycles. The van der Waals surface area contributed by atoms with E-state index in [2.05, 4.69) is 5.16 Å². The molecule has 0 amide bonds. The van der Waals surface area contributed by atoms with Crippen molar-refractivity contribution in [2.24, 2.45) is 5.16 Å². The van der Waals surface area contributed by atoms with E-state index in [0.29, 0.717) is 0 Å². The molecule has 0 aliphatic rings. The van der Waals surface area contributed by atoms with Crippen molar-refractivity contribution in [3.05, 3.63) is 66.2 Å². The van der Waals surface area contributed by atoms with Gasteiger partial charge in [0.1, 0.15) is 0 Å². The Bertz CT molecular complexity index is 468. The molecule has 0 saturated carbocycles. The van der Waals surface area contributed by atoms with Crippen LogP contribution in [0.5, 0.6) is 0 Å². The minimum absolute atomic E-state index is 0.0391. The summed E-state index contributed by atoms with van der Waals surface area (Å²) in [4.78, 5) is 0. The Morgan fingerprint density at radius 2 is 1.44 bits per heavy atom. The number of rotatable bonds is 3. The Hall–Kier alpha value is -1.57. The van der Waals surface area contributed by atoms with Crippen LogP contribution >= 0.6 is 0 Å². The summed E-state index contributed by atoms with van der Waals surface area (Å²) in [7, 11) is 0. The van der Waals surface area contributed by atoms with Crippen LogP contribution in [0, 0.1) is 0 Å². The Morgan fingerprint density at radius 1 is 0.875 bits per heavy atom. The molecular weight excluding hydrogens is 265 g/mol. The Balaban J connectivity index is 2.20. The maximum atomic E-state index is 9.04. The van der Waals surface area contributed by atoms with Gasteiger partial charge in [-0.15, -0.1) is 0 Å². The predicted molar refractivity (Wildman–Crippen MR) is 66.6 cm³/mol. The van der Waals surface area contributed by atoms with Gasteiger partial charge in [-0.05, 0) is 0 Å². The summed E-state index contributed by atoms with van der Waals surface area (Å²) in [6.07, 6.45) is 0. The SMILES string of the molecule is O/N=C(/[Se]c1ccccc1)c1ccccc1. The minimum atomic E-state index is 0.0391.